The summed E-state index contributed by atoms with van der Waals surface area (Å²) in [4.78, 5) is 29.2. The number of benzene rings is 1. The van der Waals surface area contributed by atoms with E-state index in [4.69, 9.17) is 15.6 Å². The fourth-order valence-corrected chi connectivity index (χ4v) is 6.63. The largest absolute Gasteiger partial charge is 0.480 e. The van der Waals surface area contributed by atoms with Crippen molar-refractivity contribution in [2.75, 3.05) is 6.54 Å². The van der Waals surface area contributed by atoms with Crippen LogP contribution >= 0.6 is 15.9 Å². The summed E-state index contributed by atoms with van der Waals surface area (Å²) in [5, 5.41) is 19.5. The van der Waals surface area contributed by atoms with E-state index in [9.17, 15) is 18.0 Å². The number of carboxylic acid groups (broad SMARTS) is 1. The van der Waals surface area contributed by atoms with Crippen molar-refractivity contribution in [2.45, 2.75) is 42.1 Å². The van der Waals surface area contributed by atoms with Crippen LogP contribution in [0, 0.1) is 0 Å². The molecule has 1 unspecified atom stereocenters. The van der Waals surface area contributed by atoms with Gasteiger partial charge in [0.05, 0.1) is 22.0 Å². The summed E-state index contributed by atoms with van der Waals surface area (Å²) < 4.78 is 34.1. The molecule has 0 fully saturated rings. The van der Waals surface area contributed by atoms with E-state index in [-0.39, 0.29) is 23.4 Å². The lowest BCUT2D eigenvalue weighted by atomic mass is 10.0. The standard InChI is InChI=1S/C29H29BrN6O6S/c1-28(2,42-27(39)33-18-25(37)38)15-20-10-12-23(30)26(34-20)29(31,43(40,41)22-9-6-14-32-17-22)16-21-11-13-24(36-35-21)19-7-4-3-5-8-19/h3-14,17H,15-16,18,31H2,1-2H3,(H,33,39)(H,37,38). The van der Waals surface area contributed by atoms with Gasteiger partial charge in [-0.3, -0.25) is 14.8 Å². The highest BCUT2D eigenvalue weighted by Crippen LogP contribution is 2.37. The van der Waals surface area contributed by atoms with Crippen LogP contribution in [0.4, 0.5) is 4.79 Å². The monoisotopic (exact) mass is 668 g/mol. The van der Waals surface area contributed by atoms with Gasteiger partial charge in [-0.2, -0.15) is 10.2 Å². The van der Waals surface area contributed by atoms with Crippen LogP contribution in [-0.2, 0) is 37.1 Å². The summed E-state index contributed by atoms with van der Waals surface area (Å²) in [5.41, 5.74) is 7.88. The Balaban J connectivity index is 1.72. The Bertz CT molecular complexity index is 1710. The van der Waals surface area contributed by atoms with Crippen LogP contribution in [0.3, 0.4) is 0 Å². The first-order valence-electron chi connectivity index (χ1n) is 13.0. The van der Waals surface area contributed by atoms with Crippen molar-refractivity contribution in [3.63, 3.8) is 0 Å². The van der Waals surface area contributed by atoms with E-state index in [2.05, 4.69) is 41.4 Å². The van der Waals surface area contributed by atoms with E-state index in [0.717, 1.165) is 5.56 Å². The molecule has 3 aromatic heterocycles. The minimum atomic E-state index is -4.33. The molecule has 0 aliphatic carbocycles. The predicted octanol–water partition coefficient (Wildman–Crippen LogP) is 3.66. The Morgan fingerprint density at radius 3 is 2.33 bits per heavy atom. The molecule has 4 rings (SSSR count). The van der Waals surface area contributed by atoms with E-state index >= 15 is 0 Å². The van der Waals surface area contributed by atoms with Crippen LogP contribution in [0.25, 0.3) is 11.3 Å². The van der Waals surface area contributed by atoms with Crippen LogP contribution < -0.4 is 11.1 Å². The number of ether oxygens (including phenoxy) is 1. The topological polar surface area (TPSA) is 187 Å². The zero-order chi connectivity index (χ0) is 31.3. The molecule has 0 bridgehead atoms. The maximum Gasteiger partial charge on any atom is 0.408 e. The minimum absolute atomic E-state index is 0.00826. The molecule has 1 aromatic carbocycles. The molecule has 4 aromatic rings. The first-order chi connectivity index (χ1) is 20.3. The number of pyridine rings is 2. The highest BCUT2D eigenvalue weighted by atomic mass is 79.9. The molecule has 1 atom stereocenters. The number of carboxylic acids is 1. The van der Waals surface area contributed by atoms with Crippen LogP contribution in [0.5, 0.6) is 0 Å². The van der Waals surface area contributed by atoms with Gasteiger partial charge in [0.25, 0.3) is 0 Å². The Kier molecular flexibility index (Phi) is 9.52. The van der Waals surface area contributed by atoms with Crippen molar-refractivity contribution in [3.05, 3.63) is 101 Å². The van der Waals surface area contributed by atoms with Gasteiger partial charge in [-0.15, -0.1) is 0 Å². The van der Waals surface area contributed by atoms with E-state index in [1.807, 2.05) is 30.3 Å². The molecule has 0 aliphatic heterocycles. The van der Waals surface area contributed by atoms with Crippen molar-refractivity contribution < 1.29 is 27.9 Å². The van der Waals surface area contributed by atoms with Crippen molar-refractivity contribution >= 4 is 37.8 Å². The molecular formula is C29H29BrN6O6S. The highest BCUT2D eigenvalue weighted by Gasteiger charge is 2.46. The van der Waals surface area contributed by atoms with Gasteiger partial charge in [0, 0.05) is 41.0 Å². The lowest BCUT2D eigenvalue weighted by Crippen LogP contribution is -2.48. The number of nitrogens with one attached hydrogen (secondary N) is 1. The lowest BCUT2D eigenvalue weighted by Gasteiger charge is -2.30. The van der Waals surface area contributed by atoms with Gasteiger partial charge in [0.1, 0.15) is 12.1 Å². The molecule has 0 saturated heterocycles. The number of aromatic nitrogens is 4. The van der Waals surface area contributed by atoms with Gasteiger partial charge in [-0.05, 0) is 66.2 Å². The van der Waals surface area contributed by atoms with Gasteiger partial charge < -0.3 is 20.9 Å². The molecule has 43 heavy (non-hydrogen) atoms. The Morgan fingerprint density at radius 1 is 0.977 bits per heavy atom. The predicted molar refractivity (Wildman–Crippen MR) is 160 cm³/mol. The van der Waals surface area contributed by atoms with Crippen LogP contribution in [0.1, 0.15) is 30.9 Å². The number of hydrogen-bond donors (Lipinski definition) is 3. The fourth-order valence-electron chi connectivity index (χ4n) is 4.29. The molecule has 12 nitrogen and oxygen atoms in total. The number of sulfone groups is 1. The number of amides is 1. The number of alkyl carbamates (subject to hydrolysis) is 1. The number of aliphatic carboxylic acids is 1. The fraction of sp³-hybridized carbons (Fsp3) is 0.241. The maximum atomic E-state index is 14.2. The number of nitrogens with zero attached hydrogens (tertiary/aromatic N) is 4. The molecule has 3 heterocycles. The molecule has 224 valence electrons. The van der Waals surface area contributed by atoms with Gasteiger partial charge >= 0.3 is 12.1 Å². The summed E-state index contributed by atoms with van der Waals surface area (Å²) in [7, 11) is -4.33. The molecular weight excluding hydrogens is 640 g/mol. The Morgan fingerprint density at radius 2 is 1.70 bits per heavy atom. The smallest absolute Gasteiger partial charge is 0.408 e. The highest BCUT2D eigenvalue weighted by molar-refractivity contribution is 9.10. The van der Waals surface area contributed by atoms with Crippen molar-refractivity contribution in [3.8, 4) is 11.3 Å². The van der Waals surface area contributed by atoms with Crippen LogP contribution in [0.2, 0.25) is 0 Å². The third kappa shape index (κ3) is 7.58. The Hall–Kier alpha value is -4.27. The second kappa shape index (κ2) is 12.9. The molecule has 4 N–H and O–H groups in total. The van der Waals surface area contributed by atoms with Gasteiger partial charge in [-0.1, -0.05) is 30.3 Å². The number of hydrogen-bond acceptors (Lipinski definition) is 10. The number of carbonyl (C=O) groups is 2. The average Bonchev–Trinajstić information content (AvgIpc) is 2.98. The molecule has 0 saturated carbocycles. The van der Waals surface area contributed by atoms with E-state index in [0.29, 0.717) is 21.6 Å². The van der Waals surface area contributed by atoms with Crippen molar-refractivity contribution in [1.82, 2.24) is 25.5 Å². The third-order valence-corrected chi connectivity index (χ3v) is 9.12. The summed E-state index contributed by atoms with van der Waals surface area (Å²) in [6, 6.07) is 19.0. The van der Waals surface area contributed by atoms with E-state index in [1.165, 1.54) is 24.5 Å². The van der Waals surface area contributed by atoms with Crippen molar-refractivity contribution in [1.29, 1.82) is 0 Å². The van der Waals surface area contributed by atoms with Crippen LogP contribution in [-0.4, -0.2) is 57.9 Å². The molecule has 0 spiro atoms. The first-order valence-corrected chi connectivity index (χ1v) is 15.2. The average molecular weight is 670 g/mol. The summed E-state index contributed by atoms with van der Waals surface area (Å²) in [6.45, 7) is 2.62. The minimum Gasteiger partial charge on any atom is -0.480 e. The number of rotatable bonds is 11. The third-order valence-electron chi connectivity index (χ3n) is 6.32. The molecule has 0 radical (unpaired) electrons. The quantitative estimate of drug-likeness (QED) is 0.212. The second-order valence-corrected chi connectivity index (χ2v) is 13.3. The van der Waals surface area contributed by atoms with E-state index < -0.39 is 38.9 Å². The lowest BCUT2D eigenvalue weighted by molar-refractivity contribution is -0.136. The number of carbonyl (C=O) groups excluding carboxylic acids is 1. The van der Waals surface area contributed by atoms with E-state index in [1.54, 1.807) is 38.1 Å². The van der Waals surface area contributed by atoms with Gasteiger partial charge in [0.2, 0.25) is 9.84 Å². The zero-order valence-corrected chi connectivity index (χ0v) is 25.7. The molecule has 0 aliphatic rings. The maximum absolute atomic E-state index is 14.2. The summed E-state index contributed by atoms with van der Waals surface area (Å²) >= 11 is 3.43. The van der Waals surface area contributed by atoms with Crippen molar-refractivity contribution in [2.24, 2.45) is 5.73 Å². The summed E-state index contributed by atoms with van der Waals surface area (Å²) in [6.07, 6.45) is 1.52. The summed E-state index contributed by atoms with van der Waals surface area (Å²) in [5.74, 6) is -1.22. The normalized spacial score (nSPS) is 13.1. The first kappa shape index (κ1) is 31.7. The SMILES string of the molecule is CC(C)(Cc1ccc(Br)c(C(N)(Cc2ccc(-c3ccccc3)nn2)S(=O)(=O)c2cccnc2)n1)OC(=O)NCC(=O)O. The number of nitrogens with two attached hydrogens (primary N) is 1. The van der Waals surface area contributed by atoms with Gasteiger partial charge in [-0.25, -0.2) is 13.2 Å². The van der Waals surface area contributed by atoms with Crippen LogP contribution in [0.15, 0.2) is 88.5 Å². The Labute approximate surface area is 256 Å². The second-order valence-electron chi connectivity index (χ2n) is 10.2. The molecule has 14 heteroatoms. The van der Waals surface area contributed by atoms with Gasteiger partial charge in [0.15, 0.2) is 4.87 Å². The molecule has 1 amide bonds. The number of halogens is 1. The zero-order valence-electron chi connectivity index (χ0n) is 23.3.